The van der Waals surface area contributed by atoms with Crippen LogP contribution in [0.3, 0.4) is 0 Å². The Bertz CT molecular complexity index is 1470. The largest absolute Gasteiger partial charge is 0.465 e. The summed E-state index contributed by atoms with van der Waals surface area (Å²) >= 11 is 0. The Morgan fingerprint density at radius 1 is 1.05 bits per heavy atom. The molecule has 0 bridgehead atoms. The summed E-state index contributed by atoms with van der Waals surface area (Å²) in [5.41, 5.74) is -1.37. The van der Waals surface area contributed by atoms with Gasteiger partial charge in [0.25, 0.3) is 5.91 Å². The van der Waals surface area contributed by atoms with E-state index >= 15 is 0 Å². The molecule has 0 radical (unpaired) electrons. The van der Waals surface area contributed by atoms with Gasteiger partial charge in [-0.05, 0) is 98.7 Å². The van der Waals surface area contributed by atoms with Crippen LogP contribution in [0.25, 0.3) is 0 Å². The van der Waals surface area contributed by atoms with Gasteiger partial charge in [0.05, 0.1) is 23.3 Å². The molecule has 2 atom stereocenters. The van der Waals surface area contributed by atoms with E-state index in [0.29, 0.717) is 24.5 Å². The van der Waals surface area contributed by atoms with Crippen molar-refractivity contribution in [2.75, 3.05) is 5.32 Å². The Morgan fingerprint density at radius 2 is 1.76 bits per heavy atom. The first kappa shape index (κ1) is 29.8. The van der Waals surface area contributed by atoms with Gasteiger partial charge in [0.1, 0.15) is 23.1 Å². The quantitative estimate of drug-likeness (QED) is 0.200. The fourth-order valence-corrected chi connectivity index (χ4v) is 4.52. The molecule has 1 aliphatic rings. The standard InChI is InChI=1S/C29H27F5N2O5/c1-14-9-17(30)5-8-25(14)41-26-13-19(16-3-4-16)22(29(32,33)34)12-21(26)27(38)35-18-6-7-23(31)20(11-18)24(10-15(2)37)36-28(39)40/h5-9,11-13,15-16,24,36-37H,3-4,10H2,1-2H3,(H,35,38)(H,39,40). The van der Waals surface area contributed by atoms with Crippen LogP contribution in [-0.2, 0) is 6.18 Å². The Balaban J connectivity index is 1.75. The van der Waals surface area contributed by atoms with Crippen molar-refractivity contribution in [3.63, 3.8) is 0 Å². The van der Waals surface area contributed by atoms with Gasteiger partial charge in [-0.1, -0.05) is 0 Å². The highest BCUT2D eigenvalue weighted by atomic mass is 19.4. The zero-order chi connectivity index (χ0) is 30.1. The predicted molar refractivity (Wildman–Crippen MR) is 139 cm³/mol. The van der Waals surface area contributed by atoms with E-state index in [2.05, 4.69) is 10.6 Å². The third kappa shape index (κ3) is 7.31. The lowest BCUT2D eigenvalue weighted by molar-refractivity contribution is -0.138. The zero-order valence-corrected chi connectivity index (χ0v) is 22.0. The molecule has 41 heavy (non-hydrogen) atoms. The Hall–Kier alpha value is -4.19. The highest BCUT2D eigenvalue weighted by Crippen LogP contribution is 2.48. The molecule has 1 aliphatic carbocycles. The number of nitrogens with one attached hydrogen (secondary N) is 2. The Kier molecular flexibility index (Phi) is 8.52. The van der Waals surface area contributed by atoms with Crippen LogP contribution >= 0.6 is 0 Å². The van der Waals surface area contributed by atoms with Crippen molar-refractivity contribution in [1.82, 2.24) is 5.32 Å². The second-order valence-corrected chi connectivity index (χ2v) is 10.00. The molecule has 4 rings (SSSR count). The maximum absolute atomic E-state index is 14.7. The second-order valence-electron chi connectivity index (χ2n) is 10.00. The predicted octanol–water partition coefficient (Wildman–Crippen LogP) is 7.29. The molecule has 0 aliphatic heterocycles. The number of hydrogen-bond acceptors (Lipinski definition) is 4. The normalized spacial score (nSPS) is 14.7. The van der Waals surface area contributed by atoms with Gasteiger partial charge in [0.2, 0.25) is 0 Å². The molecule has 0 aromatic heterocycles. The first-order valence-electron chi connectivity index (χ1n) is 12.7. The molecule has 7 nitrogen and oxygen atoms in total. The number of amides is 2. The molecular weight excluding hydrogens is 551 g/mol. The van der Waals surface area contributed by atoms with E-state index < -0.39 is 53.1 Å². The fourth-order valence-electron chi connectivity index (χ4n) is 4.52. The summed E-state index contributed by atoms with van der Waals surface area (Å²) in [6, 6.07) is 7.52. The summed E-state index contributed by atoms with van der Waals surface area (Å²) in [6.07, 6.45) is -6.35. The minimum absolute atomic E-state index is 0.0198. The van der Waals surface area contributed by atoms with E-state index in [-0.39, 0.29) is 40.7 Å². The number of alkyl halides is 3. The molecule has 4 N–H and O–H groups in total. The number of hydrogen-bond donors (Lipinski definition) is 4. The number of ether oxygens (including phenoxy) is 1. The summed E-state index contributed by atoms with van der Waals surface area (Å²) in [5.74, 6) is -2.79. The van der Waals surface area contributed by atoms with Gasteiger partial charge in [-0.2, -0.15) is 13.2 Å². The van der Waals surface area contributed by atoms with E-state index in [1.165, 1.54) is 25.1 Å². The van der Waals surface area contributed by atoms with Crippen LogP contribution in [0.1, 0.15) is 70.8 Å². The van der Waals surface area contributed by atoms with Gasteiger partial charge in [-0.3, -0.25) is 4.79 Å². The number of rotatable bonds is 9. The van der Waals surface area contributed by atoms with Crippen LogP contribution in [0, 0.1) is 18.6 Å². The first-order chi connectivity index (χ1) is 19.2. The minimum Gasteiger partial charge on any atom is -0.465 e. The molecule has 0 heterocycles. The topological polar surface area (TPSA) is 108 Å². The third-order valence-corrected chi connectivity index (χ3v) is 6.58. The van der Waals surface area contributed by atoms with Crippen molar-refractivity contribution in [3.05, 3.63) is 88.0 Å². The minimum atomic E-state index is -4.77. The lowest BCUT2D eigenvalue weighted by atomic mass is 9.97. The van der Waals surface area contributed by atoms with Gasteiger partial charge >= 0.3 is 12.3 Å². The van der Waals surface area contributed by atoms with Crippen molar-refractivity contribution < 1.29 is 46.5 Å². The first-order valence-corrected chi connectivity index (χ1v) is 12.7. The number of anilines is 1. The van der Waals surface area contributed by atoms with Crippen LogP contribution in [0.2, 0.25) is 0 Å². The maximum atomic E-state index is 14.7. The third-order valence-electron chi connectivity index (χ3n) is 6.58. The van der Waals surface area contributed by atoms with Gasteiger partial charge in [-0.15, -0.1) is 0 Å². The van der Waals surface area contributed by atoms with Gasteiger partial charge in [0.15, 0.2) is 0 Å². The second kappa shape index (κ2) is 11.7. The van der Waals surface area contributed by atoms with E-state index in [4.69, 9.17) is 9.84 Å². The molecular formula is C29H27F5N2O5. The summed E-state index contributed by atoms with van der Waals surface area (Å²) < 4.78 is 76.3. The SMILES string of the molecule is Cc1cc(F)ccc1Oc1cc(C2CC2)c(C(F)(F)F)cc1C(=O)Nc1ccc(F)c(C(CC(C)O)NC(=O)O)c1. The molecule has 12 heteroatoms. The van der Waals surface area contributed by atoms with E-state index in [9.17, 15) is 36.6 Å². The molecule has 3 aromatic rings. The monoisotopic (exact) mass is 578 g/mol. The molecule has 2 amide bonds. The van der Waals surface area contributed by atoms with Crippen LogP contribution in [0.4, 0.5) is 32.4 Å². The zero-order valence-electron chi connectivity index (χ0n) is 22.0. The number of aliphatic hydroxyl groups is 1. The number of halogens is 5. The van der Waals surface area contributed by atoms with Crippen LogP contribution in [-0.4, -0.2) is 28.3 Å². The van der Waals surface area contributed by atoms with E-state index in [1.54, 1.807) is 6.92 Å². The summed E-state index contributed by atoms with van der Waals surface area (Å²) in [5, 5.41) is 23.4. The van der Waals surface area contributed by atoms with Crippen molar-refractivity contribution in [2.45, 2.75) is 57.3 Å². The maximum Gasteiger partial charge on any atom is 0.416 e. The van der Waals surface area contributed by atoms with E-state index in [0.717, 1.165) is 24.3 Å². The molecule has 0 saturated heterocycles. The van der Waals surface area contributed by atoms with Gasteiger partial charge < -0.3 is 25.6 Å². The molecule has 0 spiro atoms. The average Bonchev–Trinajstić information content (AvgIpc) is 3.70. The van der Waals surface area contributed by atoms with Crippen LogP contribution in [0.5, 0.6) is 11.5 Å². The number of carboxylic acid groups (broad SMARTS) is 1. The molecule has 3 aromatic carbocycles. The number of benzene rings is 3. The number of aryl methyl sites for hydroxylation is 1. The lowest BCUT2D eigenvalue weighted by Crippen LogP contribution is -2.30. The highest BCUT2D eigenvalue weighted by Gasteiger charge is 2.40. The fraction of sp³-hybridized carbons (Fsp3) is 0.310. The molecule has 1 fully saturated rings. The van der Waals surface area contributed by atoms with Crippen molar-refractivity contribution in [3.8, 4) is 11.5 Å². The number of carbonyl (C=O) groups is 2. The summed E-state index contributed by atoms with van der Waals surface area (Å²) in [4.78, 5) is 24.6. The summed E-state index contributed by atoms with van der Waals surface area (Å²) in [7, 11) is 0. The number of carbonyl (C=O) groups excluding carboxylic acids is 1. The van der Waals surface area contributed by atoms with Crippen molar-refractivity contribution in [2.24, 2.45) is 0 Å². The van der Waals surface area contributed by atoms with Crippen LogP contribution in [0.15, 0.2) is 48.5 Å². The lowest BCUT2D eigenvalue weighted by Gasteiger charge is -2.21. The Morgan fingerprint density at radius 3 is 2.34 bits per heavy atom. The average molecular weight is 579 g/mol. The summed E-state index contributed by atoms with van der Waals surface area (Å²) in [6.45, 7) is 2.92. The van der Waals surface area contributed by atoms with Crippen molar-refractivity contribution >= 4 is 17.7 Å². The smallest absolute Gasteiger partial charge is 0.416 e. The van der Waals surface area contributed by atoms with E-state index in [1.807, 2.05) is 0 Å². The van der Waals surface area contributed by atoms with Gasteiger partial charge in [-0.25, -0.2) is 13.6 Å². The van der Waals surface area contributed by atoms with Crippen molar-refractivity contribution in [1.29, 1.82) is 0 Å². The number of aliphatic hydroxyl groups excluding tert-OH is 1. The van der Waals surface area contributed by atoms with Gasteiger partial charge in [0, 0.05) is 11.3 Å². The highest BCUT2D eigenvalue weighted by molar-refractivity contribution is 6.06. The molecule has 1 saturated carbocycles. The molecule has 218 valence electrons. The van der Waals surface area contributed by atoms with Crippen LogP contribution < -0.4 is 15.4 Å². The molecule has 2 unspecified atom stereocenters. The Labute approximate surface area is 232 Å².